The number of hydrogen-bond acceptors (Lipinski definition) is 4. The minimum atomic E-state index is -1.29. The molecule has 1 aromatic rings. The van der Waals surface area contributed by atoms with Gasteiger partial charge in [0.05, 0.1) is 12.9 Å². The van der Waals surface area contributed by atoms with E-state index in [0.29, 0.717) is 24.9 Å². The molecule has 1 aliphatic rings. The van der Waals surface area contributed by atoms with Crippen molar-refractivity contribution in [3.63, 3.8) is 0 Å². The van der Waals surface area contributed by atoms with Crippen LogP contribution in [0.4, 0.5) is 0 Å². The molecule has 1 unspecified atom stereocenters. The highest BCUT2D eigenvalue weighted by molar-refractivity contribution is 5.97. The van der Waals surface area contributed by atoms with Gasteiger partial charge in [-0.3, -0.25) is 4.79 Å². The lowest BCUT2D eigenvalue weighted by Gasteiger charge is -2.33. The molecule has 0 saturated carbocycles. The monoisotopic (exact) mass is 267 g/mol. The molecule has 1 aromatic heterocycles. The number of carboxylic acid groups (broad SMARTS) is 1. The SMILES string of the molecule is COCC1(C(=O)O)CCCN1C(=O)c1occc1C. The predicted octanol–water partition coefficient (Wildman–Crippen LogP) is 1.29. The number of carbonyl (C=O) groups is 2. The first-order valence-corrected chi connectivity index (χ1v) is 6.11. The fourth-order valence-electron chi connectivity index (χ4n) is 2.56. The first-order valence-electron chi connectivity index (χ1n) is 6.11. The van der Waals surface area contributed by atoms with E-state index in [2.05, 4.69) is 0 Å². The molecule has 2 rings (SSSR count). The molecule has 6 heteroatoms. The highest BCUT2D eigenvalue weighted by Crippen LogP contribution is 2.32. The number of rotatable bonds is 4. The van der Waals surface area contributed by atoms with Gasteiger partial charge in [0, 0.05) is 19.2 Å². The maximum atomic E-state index is 12.4. The number of nitrogens with zero attached hydrogens (tertiary/aromatic N) is 1. The van der Waals surface area contributed by atoms with Crippen molar-refractivity contribution in [3.05, 3.63) is 23.7 Å². The van der Waals surface area contributed by atoms with Crippen molar-refractivity contribution in [2.75, 3.05) is 20.3 Å². The van der Waals surface area contributed by atoms with Crippen LogP contribution in [0.1, 0.15) is 29.0 Å². The molecule has 6 nitrogen and oxygen atoms in total. The van der Waals surface area contributed by atoms with Gasteiger partial charge in [0.25, 0.3) is 5.91 Å². The summed E-state index contributed by atoms with van der Waals surface area (Å²) < 4.78 is 10.2. The minimum Gasteiger partial charge on any atom is -0.479 e. The largest absolute Gasteiger partial charge is 0.479 e. The van der Waals surface area contributed by atoms with E-state index in [9.17, 15) is 14.7 Å². The smallest absolute Gasteiger partial charge is 0.332 e. The van der Waals surface area contributed by atoms with Crippen molar-refractivity contribution >= 4 is 11.9 Å². The predicted molar refractivity (Wildman–Crippen MR) is 66.0 cm³/mol. The molecule has 0 bridgehead atoms. The quantitative estimate of drug-likeness (QED) is 0.889. The normalized spacial score (nSPS) is 22.7. The van der Waals surface area contributed by atoms with Gasteiger partial charge in [-0.05, 0) is 25.8 Å². The van der Waals surface area contributed by atoms with E-state index in [4.69, 9.17) is 9.15 Å². The van der Waals surface area contributed by atoms with E-state index < -0.39 is 11.5 Å². The van der Waals surface area contributed by atoms with Crippen LogP contribution in [0.3, 0.4) is 0 Å². The number of methoxy groups -OCH3 is 1. The molecular formula is C13H17NO5. The molecule has 104 valence electrons. The molecule has 1 amide bonds. The number of carbonyl (C=O) groups excluding carboxylic acids is 1. The Morgan fingerprint density at radius 1 is 1.58 bits per heavy atom. The molecule has 0 spiro atoms. The maximum Gasteiger partial charge on any atom is 0.332 e. The van der Waals surface area contributed by atoms with Crippen LogP contribution in [0, 0.1) is 6.92 Å². The molecule has 0 aromatic carbocycles. The number of carboxylic acids is 1. The van der Waals surface area contributed by atoms with Crippen LogP contribution in [-0.2, 0) is 9.53 Å². The van der Waals surface area contributed by atoms with Crippen LogP contribution in [0.5, 0.6) is 0 Å². The average Bonchev–Trinajstić information content (AvgIpc) is 2.96. The van der Waals surface area contributed by atoms with Gasteiger partial charge < -0.3 is 19.2 Å². The van der Waals surface area contributed by atoms with Crippen LogP contribution in [0.2, 0.25) is 0 Å². The van der Waals surface area contributed by atoms with Crippen LogP contribution in [-0.4, -0.2) is 47.7 Å². The molecule has 1 saturated heterocycles. The van der Waals surface area contributed by atoms with Crippen molar-refractivity contribution in [1.29, 1.82) is 0 Å². The molecule has 1 N–H and O–H groups in total. The third-order valence-corrected chi connectivity index (χ3v) is 3.57. The van der Waals surface area contributed by atoms with Gasteiger partial charge in [0.2, 0.25) is 0 Å². The standard InChI is InChI=1S/C13H17NO5/c1-9-4-7-19-10(9)11(15)14-6-3-5-13(14,8-18-2)12(16)17/h4,7H,3,5-6,8H2,1-2H3,(H,16,17). The van der Waals surface area contributed by atoms with E-state index in [0.717, 1.165) is 0 Å². The Balaban J connectivity index is 2.35. The lowest BCUT2D eigenvalue weighted by molar-refractivity contribution is -0.151. The third kappa shape index (κ3) is 2.12. The highest BCUT2D eigenvalue weighted by atomic mass is 16.5. The molecule has 0 radical (unpaired) electrons. The van der Waals surface area contributed by atoms with Crippen LogP contribution >= 0.6 is 0 Å². The molecule has 1 fully saturated rings. The second-order valence-corrected chi connectivity index (χ2v) is 4.76. The second kappa shape index (κ2) is 5.05. The van der Waals surface area contributed by atoms with Crippen LogP contribution < -0.4 is 0 Å². The zero-order chi connectivity index (χ0) is 14.0. The number of aliphatic carboxylic acids is 1. The number of aryl methyl sites for hydroxylation is 1. The lowest BCUT2D eigenvalue weighted by atomic mass is 9.97. The fraction of sp³-hybridized carbons (Fsp3) is 0.538. The summed E-state index contributed by atoms with van der Waals surface area (Å²) in [6.45, 7) is 2.13. The van der Waals surface area contributed by atoms with Crippen molar-refractivity contribution < 1.29 is 23.8 Å². The van der Waals surface area contributed by atoms with Gasteiger partial charge in [-0.2, -0.15) is 0 Å². The number of hydrogen-bond donors (Lipinski definition) is 1. The van der Waals surface area contributed by atoms with Gasteiger partial charge in [-0.15, -0.1) is 0 Å². The topological polar surface area (TPSA) is 80.0 Å². The molecule has 0 aliphatic carbocycles. The Morgan fingerprint density at radius 3 is 2.84 bits per heavy atom. The van der Waals surface area contributed by atoms with Crippen molar-refractivity contribution in [1.82, 2.24) is 4.90 Å². The first kappa shape index (κ1) is 13.6. The van der Waals surface area contributed by atoms with Gasteiger partial charge >= 0.3 is 5.97 Å². The number of likely N-dealkylation sites (tertiary alicyclic amines) is 1. The summed E-state index contributed by atoms with van der Waals surface area (Å²) in [7, 11) is 1.43. The Morgan fingerprint density at radius 2 is 2.32 bits per heavy atom. The summed E-state index contributed by atoms with van der Waals surface area (Å²) in [5.74, 6) is -1.23. The summed E-state index contributed by atoms with van der Waals surface area (Å²) in [6.07, 6.45) is 2.46. The Kier molecular flexibility index (Phi) is 3.61. The summed E-state index contributed by atoms with van der Waals surface area (Å²) >= 11 is 0. The van der Waals surface area contributed by atoms with Gasteiger partial charge in [0.1, 0.15) is 0 Å². The summed E-state index contributed by atoms with van der Waals surface area (Å²) in [5.41, 5.74) is -0.584. The van der Waals surface area contributed by atoms with E-state index >= 15 is 0 Å². The molecular weight excluding hydrogens is 250 g/mol. The summed E-state index contributed by atoms with van der Waals surface area (Å²) in [4.78, 5) is 25.4. The highest BCUT2D eigenvalue weighted by Gasteiger charge is 2.51. The average molecular weight is 267 g/mol. The summed E-state index contributed by atoms with van der Waals surface area (Å²) in [6, 6.07) is 1.68. The number of ether oxygens (including phenoxy) is 1. The zero-order valence-electron chi connectivity index (χ0n) is 11.0. The van der Waals surface area contributed by atoms with E-state index in [1.807, 2.05) is 0 Å². The zero-order valence-corrected chi connectivity index (χ0v) is 11.0. The maximum absolute atomic E-state index is 12.4. The van der Waals surface area contributed by atoms with Gasteiger partial charge in [-0.1, -0.05) is 0 Å². The van der Waals surface area contributed by atoms with Gasteiger partial charge in [-0.25, -0.2) is 4.79 Å². The molecule has 2 heterocycles. The Bertz CT molecular complexity index is 495. The molecule has 1 atom stereocenters. The minimum absolute atomic E-state index is 0.0200. The van der Waals surface area contributed by atoms with Crippen LogP contribution in [0.25, 0.3) is 0 Å². The third-order valence-electron chi connectivity index (χ3n) is 3.57. The fourth-order valence-corrected chi connectivity index (χ4v) is 2.56. The first-order chi connectivity index (χ1) is 9.03. The van der Waals surface area contributed by atoms with Crippen molar-refractivity contribution in [2.45, 2.75) is 25.3 Å². The summed E-state index contributed by atoms with van der Waals surface area (Å²) in [5, 5.41) is 9.48. The number of amides is 1. The second-order valence-electron chi connectivity index (χ2n) is 4.76. The Hall–Kier alpha value is -1.82. The van der Waals surface area contributed by atoms with E-state index in [1.165, 1.54) is 18.3 Å². The lowest BCUT2D eigenvalue weighted by Crippen LogP contribution is -2.56. The molecule has 19 heavy (non-hydrogen) atoms. The van der Waals surface area contributed by atoms with Crippen molar-refractivity contribution in [2.24, 2.45) is 0 Å². The number of furan rings is 1. The van der Waals surface area contributed by atoms with Crippen molar-refractivity contribution in [3.8, 4) is 0 Å². The molecule has 1 aliphatic heterocycles. The Labute approximate surface area is 110 Å². The van der Waals surface area contributed by atoms with E-state index in [1.54, 1.807) is 13.0 Å². The van der Waals surface area contributed by atoms with E-state index in [-0.39, 0.29) is 18.3 Å². The van der Waals surface area contributed by atoms with Gasteiger partial charge in [0.15, 0.2) is 11.3 Å². The van der Waals surface area contributed by atoms with Crippen LogP contribution in [0.15, 0.2) is 16.7 Å².